The normalized spacial score (nSPS) is 11.0. The molecule has 1 aromatic heterocycles. The molecule has 0 aliphatic carbocycles. The number of H-pyrrole nitrogens is 1. The number of aromatic amines is 1. The van der Waals surface area contributed by atoms with Crippen LogP contribution in [0.5, 0.6) is 28.7 Å². The van der Waals surface area contributed by atoms with Crippen LogP contribution in [0.4, 0.5) is 0 Å². The van der Waals surface area contributed by atoms with Crippen LogP contribution in [0.2, 0.25) is 0 Å². The van der Waals surface area contributed by atoms with Gasteiger partial charge in [-0.05, 0) is 47.5 Å². The van der Waals surface area contributed by atoms with Crippen LogP contribution in [-0.2, 0) is 6.54 Å². The minimum Gasteiger partial charge on any atom is -0.508 e. The minimum atomic E-state index is -0.0861. The van der Waals surface area contributed by atoms with Gasteiger partial charge in [-0.25, -0.2) is 0 Å². The Bertz CT molecular complexity index is 1100. The van der Waals surface area contributed by atoms with Crippen LogP contribution in [0, 0.1) is 4.77 Å². The molecule has 0 spiro atoms. The van der Waals surface area contributed by atoms with Crippen molar-refractivity contribution in [3.63, 3.8) is 0 Å². The molecule has 3 N–H and O–H groups in total. The quantitative estimate of drug-likeness (QED) is 0.482. The van der Waals surface area contributed by atoms with Crippen molar-refractivity contribution in [1.82, 2.24) is 14.8 Å². The molecule has 0 atom stereocenters. The van der Waals surface area contributed by atoms with Crippen molar-refractivity contribution >= 4 is 12.2 Å². The predicted octanol–water partition coefficient (Wildman–Crippen LogP) is 4.22. The summed E-state index contributed by atoms with van der Waals surface area (Å²) in [7, 11) is 4.65. The molecule has 0 bridgehead atoms. The lowest BCUT2D eigenvalue weighted by atomic mass is 9.98. The number of aromatic nitrogens is 3. The van der Waals surface area contributed by atoms with E-state index in [9.17, 15) is 10.2 Å². The Kier molecular flexibility index (Phi) is 6.21. The fourth-order valence-electron chi connectivity index (χ4n) is 3.31. The highest BCUT2D eigenvalue weighted by atomic mass is 32.1. The Morgan fingerprint density at radius 3 is 2.17 bits per heavy atom. The summed E-state index contributed by atoms with van der Waals surface area (Å²) in [6.07, 6.45) is 0. The van der Waals surface area contributed by atoms with E-state index in [4.69, 9.17) is 26.4 Å². The van der Waals surface area contributed by atoms with Crippen molar-refractivity contribution in [2.45, 2.75) is 26.3 Å². The topological polar surface area (TPSA) is 102 Å². The van der Waals surface area contributed by atoms with Gasteiger partial charge < -0.3 is 24.4 Å². The fraction of sp³-hybridized carbons (Fsp3) is 0.333. The summed E-state index contributed by atoms with van der Waals surface area (Å²) in [4.78, 5) is 0. The Morgan fingerprint density at radius 1 is 1.00 bits per heavy atom. The molecule has 3 aromatic rings. The Morgan fingerprint density at radius 2 is 1.63 bits per heavy atom. The van der Waals surface area contributed by atoms with Gasteiger partial charge in [0.05, 0.1) is 33.4 Å². The van der Waals surface area contributed by atoms with Crippen molar-refractivity contribution in [2.24, 2.45) is 0 Å². The summed E-state index contributed by atoms with van der Waals surface area (Å²) in [6.45, 7) is 4.27. The minimum absolute atomic E-state index is 0.0385. The maximum Gasteiger partial charge on any atom is 0.203 e. The van der Waals surface area contributed by atoms with Crippen molar-refractivity contribution in [3.8, 4) is 40.1 Å². The van der Waals surface area contributed by atoms with E-state index in [1.165, 1.54) is 6.07 Å². The van der Waals surface area contributed by atoms with Crippen LogP contribution >= 0.6 is 12.2 Å². The lowest BCUT2D eigenvalue weighted by molar-refractivity contribution is 0.323. The van der Waals surface area contributed by atoms with E-state index in [0.717, 1.165) is 5.56 Å². The number of hydrogen-bond acceptors (Lipinski definition) is 7. The number of methoxy groups -OCH3 is 3. The Hall–Kier alpha value is -3.20. The van der Waals surface area contributed by atoms with Crippen molar-refractivity contribution < 1.29 is 24.4 Å². The summed E-state index contributed by atoms with van der Waals surface area (Å²) in [5, 5.41) is 27.7. The zero-order valence-corrected chi connectivity index (χ0v) is 18.3. The van der Waals surface area contributed by atoms with E-state index >= 15 is 0 Å². The molecule has 0 aliphatic heterocycles. The SMILES string of the molecule is COc1cc(Cn2c(-c3cc(C(C)C)c(O)cc3O)n[nH]c2=S)cc(OC)c1OC. The van der Waals surface area contributed by atoms with Crippen LogP contribution in [-0.4, -0.2) is 46.3 Å². The highest BCUT2D eigenvalue weighted by Crippen LogP contribution is 2.40. The predicted molar refractivity (Wildman–Crippen MR) is 115 cm³/mol. The maximum absolute atomic E-state index is 10.5. The number of nitrogens with zero attached hydrogens (tertiary/aromatic N) is 2. The van der Waals surface area contributed by atoms with E-state index in [1.54, 1.807) is 32.0 Å². The molecule has 0 saturated heterocycles. The van der Waals surface area contributed by atoms with Crippen LogP contribution in [0.3, 0.4) is 0 Å². The summed E-state index contributed by atoms with van der Waals surface area (Å²) in [5.41, 5.74) is 2.01. The molecule has 8 nitrogen and oxygen atoms in total. The maximum atomic E-state index is 10.5. The Balaban J connectivity index is 2.11. The molecule has 2 aromatic carbocycles. The molecule has 0 radical (unpaired) electrons. The van der Waals surface area contributed by atoms with Gasteiger partial charge in [-0.2, -0.15) is 5.10 Å². The number of hydrogen-bond donors (Lipinski definition) is 3. The number of ether oxygens (including phenoxy) is 3. The molecule has 1 heterocycles. The average molecular weight is 432 g/mol. The Labute approximate surface area is 179 Å². The highest BCUT2D eigenvalue weighted by molar-refractivity contribution is 7.71. The smallest absolute Gasteiger partial charge is 0.203 e. The van der Waals surface area contributed by atoms with Crippen LogP contribution < -0.4 is 14.2 Å². The van der Waals surface area contributed by atoms with E-state index in [2.05, 4.69) is 10.2 Å². The van der Waals surface area contributed by atoms with Gasteiger partial charge in [-0.1, -0.05) is 13.8 Å². The van der Waals surface area contributed by atoms with E-state index in [1.807, 2.05) is 26.0 Å². The van der Waals surface area contributed by atoms with Gasteiger partial charge in [0.15, 0.2) is 22.1 Å². The molecule has 0 aliphatic rings. The molecule has 30 heavy (non-hydrogen) atoms. The van der Waals surface area contributed by atoms with E-state index < -0.39 is 0 Å². The molecule has 0 saturated carbocycles. The molecule has 0 fully saturated rings. The lowest BCUT2D eigenvalue weighted by Crippen LogP contribution is -2.05. The second-order valence-electron chi connectivity index (χ2n) is 7.05. The number of rotatable bonds is 7. The summed E-state index contributed by atoms with van der Waals surface area (Å²) in [6, 6.07) is 6.71. The molecular weight excluding hydrogens is 406 g/mol. The van der Waals surface area contributed by atoms with Crippen LogP contribution in [0.15, 0.2) is 24.3 Å². The van der Waals surface area contributed by atoms with Gasteiger partial charge in [-0.3, -0.25) is 9.67 Å². The summed E-state index contributed by atoms with van der Waals surface area (Å²) < 4.78 is 18.4. The van der Waals surface area contributed by atoms with Crippen molar-refractivity contribution in [3.05, 3.63) is 40.2 Å². The monoisotopic (exact) mass is 431 g/mol. The van der Waals surface area contributed by atoms with Gasteiger partial charge in [0.2, 0.25) is 5.75 Å². The standard InChI is InChI=1S/C21H25N3O5S/c1-11(2)13-8-14(16(26)9-15(13)25)20-22-23-21(30)24(20)10-12-6-17(27-3)19(29-5)18(7-12)28-4/h6-9,11,25-26H,10H2,1-5H3,(H,23,30). The van der Waals surface area contributed by atoms with Gasteiger partial charge in [0.25, 0.3) is 0 Å². The van der Waals surface area contributed by atoms with Crippen LogP contribution in [0.1, 0.15) is 30.9 Å². The molecule has 160 valence electrons. The van der Waals surface area contributed by atoms with Gasteiger partial charge in [-0.15, -0.1) is 0 Å². The largest absolute Gasteiger partial charge is 0.508 e. The third-order valence-corrected chi connectivity index (χ3v) is 5.14. The highest BCUT2D eigenvalue weighted by Gasteiger charge is 2.19. The summed E-state index contributed by atoms with van der Waals surface area (Å²) >= 11 is 5.42. The molecular formula is C21H25N3O5S. The summed E-state index contributed by atoms with van der Waals surface area (Å²) in [5.74, 6) is 2.02. The first-order valence-corrected chi connectivity index (χ1v) is 9.71. The van der Waals surface area contributed by atoms with E-state index in [0.29, 0.717) is 45.5 Å². The number of phenols is 2. The van der Waals surface area contributed by atoms with Gasteiger partial charge in [0, 0.05) is 6.07 Å². The van der Waals surface area contributed by atoms with Crippen LogP contribution in [0.25, 0.3) is 11.4 Å². The second-order valence-corrected chi connectivity index (χ2v) is 7.44. The zero-order valence-electron chi connectivity index (χ0n) is 17.5. The first kappa shape index (κ1) is 21.5. The fourth-order valence-corrected chi connectivity index (χ4v) is 3.51. The molecule has 9 heteroatoms. The number of nitrogens with one attached hydrogen (secondary N) is 1. The van der Waals surface area contributed by atoms with Crippen molar-refractivity contribution in [1.29, 1.82) is 0 Å². The lowest BCUT2D eigenvalue weighted by Gasteiger charge is -2.16. The molecule has 0 amide bonds. The first-order valence-electron chi connectivity index (χ1n) is 9.31. The van der Waals surface area contributed by atoms with E-state index in [-0.39, 0.29) is 17.4 Å². The molecule has 0 unspecified atom stereocenters. The number of aromatic hydroxyl groups is 2. The third-order valence-electron chi connectivity index (χ3n) is 4.83. The zero-order chi connectivity index (χ0) is 22.0. The van der Waals surface area contributed by atoms with Gasteiger partial charge >= 0.3 is 0 Å². The number of phenolic OH excluding ortho intramolecular Hbond substituents is 2. The van der Waals surface area contributed by atoms with Gasteiger partial charge in [0.1, 0.15) is 11.5 Å². The average Bonchev–Trinajstić information content (AvgIpc) is 3.07. The first-order chi connectivity index (χ1) is 14.3. The molecule has 3 rings (SSSR count). The van der Waals surface area contributed by atoms with Crippen molar-refractivity contribution in [2.75, 3.05) is 21.3 Å². The number of benzene rings is 2. The third kappa shape index (κ3) is 3.93. The second kappa shape index (κ2) is 8.66.